The number of aliphatic hydroxyl groups excluding tert-OH is 1. The summed E-state index contributed by atoms with van der Waals surface area (Å²) >= 11 is 0. The Hall–Kier alpha value is -1.88. The molecular formula is C15H20N2O3. The van der Waals surface area contributed by atoms with E-state index in [1.165, 1.54) is 6.92 Å². The van der Waals surface area contributed by atoms with Gasteiger partial charge in [0.15, 0.2) is 0 Å². The monoisotopic (exact) mass is 276 g/mol. The molecule has 1 heterocycles. The highest BCUT2D eigenvalue weighted by Gasteiger charge is 2.26. The molecule has 0 spiro atoms. The Morgan fingerprint density at radius 3 is 2.05 bits per heavy atom. The Kier molecular flexibility index (Phi) is 4.39. The van der Waals surface area contributed by atoms with Crippen molar-refractivity contribution in [2.24, 2.45) is 0 Å². The van der Waals surface area contributed by atoms with Gasteiger partial charge < -0.3 is 14.9 Å². The highest BCUT2D eigenvalue weighted by atomic mass is 16.3. The number of hydrogen-bond acceptors (Lipinski definition) is 3. The van der Waals surface area contributed by atoms with E-state index in [2.05, 4.69) is 0 Å². The Morgan fingerprint density at radius 1 is 1.05 bits per heavy atom. The summed E-state index contributed by atoms with van der Waals surface area (Å²) < 4.78 is 0. The molecule has 1 aliphatic rings. The molecule has 1 aromatic carbocycles. The molecule has 0 bridgehead atoms. The van der Waals surface area contributed by atoms with Crippen molar-refractivity contribution in [3.63, 3.8) is 0 Å². The van der Waals surface area contributed by atoms with Crippen molar-refractivity contribution in [1.82, 2.24) is 9.80 Å². The zero-order chi connectivity index (χ0) is 14.7. The molecule has 2 rings (SSSR count). The first-order valence-corrected chi connectivity index (χ1v) is 6.82. The lowest BCUT2D eigenvalue weighted by Crippen LogP contribution is -2.52. The number of piperazine rings is 1. The smallest absolute Gasteiger partial charge is 0.253 e. The van der Waals surface area contributed by atoms with E-state index in [0.717, 1.165) is 5.56 Å². The lowest BCUT2D eigenvalue weighted by molar-refractivity contribution is -0.140. The van der Waals surface area contributed by atoms with Crippen LogP contribution >= 0.6 is 0 Å². The second kappa shape index (κ2) is 6.05. The van der Waals surface area contributed by atoms with E-state index in [9.17, 15) is 14.7 Å². The van der Waals surface area contributed by atoms with Gasteiger partial charge in [-0.1, -0.05) is 17.7 Å². The van der Waals surface area contributed by atoms with Crippen molar-refractivity contribution < 1.29 is 14.7 Å². The Labute approximate surface area is 118 Å². The van der Waals surface area contributed by atoms with Gasteiger partial charge in [-0.2, -0.15) is 0 Å². The van der Waals surface area contributed by atoms with Crippen LogP contribution in [0.2, 0.25) is 0 Å². The molecule has 108 valence electrons. The molecule has 1 fully saturated rings. The first kappa shape index (κ1) is 14.5. The fourth-order valence-electron chi connectivity index (χ4n) is 2.27. The zero-order valence-corrected chi connectivity index (χ0v) is 11.9. The quantitative estimate of drug-likeness (QED) is 0.863. The Morgan fingerprint density at radius 2 is 1.55 bits per heavy atom. The van der Waals surface area contributed by atoms with E-state index in [1.54, 1.807) is 9.80 Å². The molecule has 0 saturated carbocycles. The number of nitrogens with zero attached hydrogens (tertiary/aromatic N) is 2. The number of amides is 2. The molecule has 0 aromatic heterocycles. The molecule has 1 N–H and O–H groups in total. The lowest BCUT2D eigenvalue weighted by atomic mass is 10.1. The third-order valence-electron chi connectivity index (χ3n) is 3.53. The summed E-state index contributed by atoms with van der Waals surface area (Å²) in [4.78, 5) is 27.3. The Balaban J connectivity index is 1.95. The topological polar surface area (TPSA) is 60.9 Å². The number of rotatable bonds is 2. The minimum atomic E-state index is -0.977. The van der Waals surface area contributed by atoms with Crippen LogP contribution in [0.3, 0.4) is 0 Å². The van der Waals surface area contributed by atoms with E-state index < -0.39 is 6.10 Å². The SMILES string of the molecule is Cc1ccc(C(=O)N2CCN(C(=O)C(C)O)CC2)cc1. The van der Waals surface area contributed by atoms with Gasteiger partial charge in [0.1, 0.15) is 6.10 Å². The van der Waals surface area contributed by atoms with Crippen molar-refractivity contribution in [2.75, 3.05) is 26.2 Å². The van der Waals surface area contributed by atoms with Crippen LogP contribution in [0.5, 0.6) is 0 Å². The fraction of sp³-hybridized carbons (Fsp3) is 0.467. The first-order valence-electron chi connectivity index (χ1n) is 6.82. The standard InChI is InChI=1S/C15H20N2O3/c1-11-3-5-13(6-4-11)15(20)17-9-7-16(8-10-17)14(19)12(2)18/h3-6,12,18H,7-10H2,1-2H3. The van der Waals surface area contributed by atoms with Crippen LogP contribution in [0.25, 0.3) is 0 Å². The van der Waals surface area contributed by atoms with Gasteiger partial charge in [-0.3, -0.25) is 9.59 Å². The molecule has 1 aromatic rings. The number of aliphatic hydroxyl groups is 1. The maximum Gasteiger partial charge on any atom is 0.253 e. The van der Waals surface area contributed by atoms with Crippen LogP contribution in [0, 0.1) is 6.92 Å². The molecule has 1 unspecified atom stereocenters. The molecule has 2 amide bonds. The van der Waals surface area contributed by atoms with E-state index in [-0.39, 0.29) is 11.8 Å². The average Bonchev–Trinajstić information content (AvgIpc) is 2.46. The molecular weight excluding hydrogens is 256 g/mol. The van der Waals surface area contributed by atoms with Crippen LogP contribution in [0.1, 0.15) is 22.8 Å². The minimum Gasteiger partial charge on any atom is -0.384 e. The predicted molar refractivity (Wildman–Crippen MR) is 75.3 cm³/mol. The lowest BCUT2D eigenvalue weighted by Gasteiger charge is -2.35. The van der Waals surface area contributed by atoms with E-state index >= 15 is 0 Å². The van der Waals surface area contributed by atoms with Crippen LogP contribution in [0.4, 0.5) is 0 Å². The third-order valence-corrected chi connectivity index (χ3v) is 3.53. The van der Waals surface area contributed by atoms with Crippen LogP contribution in [-0.2, 0) is 4.79 Å². The molecule has 0 aliphatic carbocycles. The van der Waals surface area contributed by atoms with Crippen molar-refractivity contribution in [2.45, 2.75) is 20.0 Å². The number of aryl methyl sites for hydroxylation is 1. The highest BCUT2D eigenvalue weighted by Crippen LogP contribution is 2.10. The van der Waals surface area contributed by atoms with Gasteiger partial charge in [0.2, 0.25) is 0 Å². The normalized spacial score (nSPS) is 16.9. The molecule has 1 saturated heterocycles. The molecule has 5 heteroatoms. The van der Waals surface area contributed by atoms with Gasteiger partial charge in [-0.05, 0) is 26.0 Å². The maximum absolute atomic E-state index is 12.3. The van der Waals surface area contributed by atoms with Gasteiger partial charge in [0.05, 0.1) is 0 Å². The van der Waals surface area contributed by atoms with Crippen molar-refractivity contribution in [3.8, 4) is 0 Å². The largest absolute Gasteiger partial charge is 0.384 e. The molecule has 20 heavy (non-hydrogen) atoms. The number of hydrogen-bond donors (Lipinski definition) is 1. The second-order valence-electron chi connectivity index (χ2n) is 5.16. The van der Waals surface area contributed by atoms with Gasteiger partial charge in [-0.25, -0.2) is 0 Å². The van der Waals surface area contributed by atoms with Crippen LogP contribution in [-0.4, -0.2) is 59.0 Å². The Bertz CT molecular complexity index is 488. The van der Waals surface area contributed by atoms with E-state index in [0.29, 0.717) is 31.7 Å². The first-order chi connectivity index (χ1) is 9.49. The summed E-state index contributed by atoms with van der Waals surface area (Å²) in [5.74, 6) is -0.276. The van der Waals surface area contributed by atoms with Crippen molar-refractivity contribution >= 4 is 11.8 Å². The van der Waals surface area contributed by atoms with Crippen molar-refractivity contribution in [1.29, 1.82) is 0 Å². The second-order valence-corrected chi connectivity index (χ2v) is 5.16. The van der Waals surface area contributed by atoms with Gasteiger partial charge in [-0.15, -0.1) is 0 Å². The number of benzene rings is 1. The van der Waals surface area contributed by atoms with Crippen LogP contribution in [0.15, 0.2) is 24.3 Å². The summed E-state index contributed by atoms with van der Waals surface area (Å²) in [5.41, 5.74) is 1.79. The highest BCUT2D eigenvalue weighted by molar-refractivity contribution is 5.94. The maximum atomic E-state index is 12.3. The predicted octanol–water partition coefficient (Wildman–Crippen LogP) is 0.660. The summed E-state index contributed by atoms with van der Waals surface area (Å²) in [5, 5.41) is 9.28. The van der Waals surface area contributed by atoms with Crippen LogP contribution < -0.4 is 0 Å². The number of carbonyl (C=O) groups is 2. The number of carbonyl (C=O) groups excluding carboxylic acids is 2. The van der Waals surface area contributed by atoms with Gasteiger partial charge in [0, 0.05) is 31.7 Å². The van der Waals surface area contributed by atoms with E-state index in [4.69, 9.17) is 0 Å². The third kappa shape index (κ3) is 3.17. The fourth-order valence-corrected chi connectivity index (χ4v) is 2.27. The molecule has 5 nitrogen and oxygen atoms in total. The van der Waals surface area contributed by atoms with E-state index in [1.807, 2.05) is 31.2 Å². The van der Waals surface area contributed by atoms with Gasteiger partial charge in [0.25, 0.3) is 11.8 Å². The summed E-state index contributed by atoms with van der Waals surface area (Å²) in [6, 6.07) is 7.48. The molecule has 1 atom stereocenters. The molecule has 1 aliphatic heterocycles. The average molecular weight is 276 g/mol. The summed E-state index contributed by atoms with van der Waals surface area (Å²) in [6.07, 6.45) is -0.977. The van der Waals surface area contributed by atoms with Crippen molar-refractivity contribution in [3.05, 3.63) is 35.4 Å². The zero-order valence-electron chi connectivity index (χ0n) is 11.9. The van der Waals surface area contributed by atoms with Gasteiger partial charge >= 0.3 is 0 Å². The minimum absolute atomic E-state index is 0.00542. The summed E-state index contributed by atoms with van der Waals surface area (Å²) in [6.45, 7) is 5.40. The summed E-state index contributed by atoms with van der Waals surface area (Å²) in [7, 11) is 0. The molecule has 0 radical (unpaired) electrons.